The molecule has 0 saturated carbocycles. The highest BCUT2D eigenvalue weighted by molar-refractivity contribution is 5.16. The van der Waals surface area contributed by atoms with E-state index < -0.39 is 0 Å². The maximum Gasteiger partial charge on any atom is 0.0244 e. The molecule has 0 amide bonds. The predicted octanol–water partition coefficient (Wildman–Crippen LogP) is 3.57. The van der Waals surface area contributed by atoms with E-state index >= 15 is 0 Å². The predicted molar refractivity (Wildman–Crippen MR) is 91.6 cm³/mol. The van der Waals surface area contributed by atoms with Crippen LogP contribution >= 0.6 is 0 Å². The standard InChI is InChI=1S/C19H32N2/c1-15(2)18-12-20-17(11-16-9-7-6-8-10-16)13-21(18)14-19(3,4)5/h6-10,15,17-18,20H,11-14H2,1-5H3. The van der Waals surface area contributed by atoms with Crippen LogP contribution in [0.25, 0.3) is 0 Å². The maximum absolute atomic E-state index is 3.77. The number of rotatable bonds is 4. The molecule has 1 aromatic rings. The highest BCUT2D eigenvalue weighted by Gasteiger charge is 2.31. The van der Waals surface area contributed by atoms with Gasteiger partial charge in [0.05, 0.1) is 0 Å². The molecule has 1 fully saturated rings. The van der Waals surface area contributed by atoms with Crippen LogP contribution in [0, 0.1) is 11.3 Å². The van der Waals surface area contributed by atoms with Crippen molar-refractivity contribution in [1.29, 1.82) is 0 Å². The smallest absolute Gasteiger partial charge is 0.0244 e. The van der Waals surface area contributed by atoms with Crippen LogP contribution < -0.4 is 5.32 Å². The lowest BCUT2D eigenvalue weighted by atomic mass is 9.90. The third-order valence-corrected chi connectivity index (χ3v) is 4.31. The Labute approximate surface area is 130 Å². The molecular formula is C19H32N2. The summed E-state index contributed by atoms with van der Waals surface area (Å²) in [4.78, 5) is 2.72. The van der Waals surface area contributed by atoms with Crippen LogP contribution in [0.4, 0.5) is 0 Å². The lowest BCUT2D eigenvalue weighted by Crippen LogP contribution is -2.60. The van der Waals surface area contributed by atoms with Crippen molar-refractivity contribution in [1.82, 2.24) is 10.2 Å². The van der Waals surface area contributed by atoms with E-state index in [1.165, 1.54) is 12.1 Å². The van der Waals surface area contributed by atoms with Gasteiger partial charge in [-0.2, -0.15) is 0 Å². The van der Waals surface area contributed by atoms with E-state index in [1.807, 2.05) is 0 Å². The molecule has 118 valence electrons. The van der Waals surface area contributed by atoms with Crippen LogP contribution in [-0.4, -0.2) is 36.6 Å². The second-order valence-corrected chi connectivity index (χ2v) is 8.10. The van der Waals surface area contributed by atoms with Crippen LogP contribution in [0.2, 0.25) is 0 Å². The highest BCUT2D eigenvalue weighted by Crippen LogP contribution is 2.23. The van der Waals surface area contributed by atoms with Gasteiger partial charge in [-0.1, -0.05) is 65.0 Å². The molecule has 0 spiro atoms. The summed E-state index contributed by atoms with van der Waals surface area (Å²) in [6.45, 7) is 15.2. The minimum Gasteiger partial charge on any atom is -0.311 e. The summed E-state index contributed by atoms with van der Waals surface area (Å²) >= 11 is 0. The number of piperazine rings is 1. The molecule has 21 heavy (non-hydrogen) atoms. The van der Waals surface area contributed by atoms with Gasteiger partial charge >= 0.3 is 0 Å². The quantitative estimate of drug-likeness (QED) is 0.911. The number of hydrogen-bond acceptors (Lipinski definition) is 2. The van der Waals surface area contributed by atoms with Gasteiger partial charge in [0.15, 0.2) is 0 Å². The van der Waals surface area contributed by atoms with Crippen LogP contribution in [0.5, 0.6) is 0 Å². The van der Waals surface area contributed by atoms with Crippen molar-refractivity contribution in [2.45, 2.75) is 53.1 Å². The first-order valence-electron chi connectivity index (χ1n) is 8.36. The Morgan fingerprint density at radius 3 is 2.43 bits per heavy atom. The van der Waals surface area contributed by atoms with E-state index in [0.29, 0.717) is 23.4 Å². The number of benzene rings is 1. The molecule has 2 unspecified atom stereocenters. The van der Waals surface area contributed by atoms with Gasteiger partial charge in [-0.25, -0.2) is 0 Å². The molecule has 0 aromatic heterocycles. The molecule has 1 saturated heterocycles. The molecule has 1 aliphatic heterocycles. The van der Waals surface area contributed by atoms with Crippen LogP contribution in [0.15, 0.2) is 30.3 Å². The Hall–Kier alpha value is -0.860. The van der Waals surface area contributed by atoms with Crippen LogP contribution in [-0.2, 0) is 6.42 Å². The second-order valence-electron chi connectivity index (χ2n) is 8.10. The van der Waals surface area contributed by atoms with Gasteiger partial charge in [-0.15, -0.1) is 0 Å². The van der Waals surface area contributed by atoms with E-state index in [4.69, 9.17) is 0 Å². The maximum atomic E-state index is 3.77. The highest BCUT2D eigenvalue weighted by atomic mass is 15.2. The average molecular weight is 288 g/mol. The monoisotopic (exact) mass is 288 g/mol. The van der Waals surface area contributed by atoms with Crippen molar-refractivity contribution in [2.75, 3.05) is 19.6 Å². The average Bonchev–Trinajstić information content (AvgIpc) is 2.37. The van der Waals surface area contributed by atoms with Gasteiger partial charge in [0.1, 0.15) is 0 Å². The first-order chi connectivity index (χ1) is 9.85. The third kappa shape index (κ3) is 5.12. The fraction of sp³-hybridized carbons (Fsp3) is 0.684. The molecule has 2 atom stereocenters. The molecule has 0 bridgehead atoms. The topological polar surface area (TPSA) is 15.3 Å². The first kappa shape index (κ1) is 16.5. The van der Waals surface area contributed by atoms with Crippen molar-refractivity contribution < 1.29 is 0 Å². The van der Waals surface area contributed by atoms with Gasteiger partial charge < -0.3 is 5.32 Å². The van der Waals surface area contributed by atoms with Crippen LogP contribution in [0.3, 0.4) is 0 Å². The van der Waals surface area contributed by atoms with Gasteiger partial charge in [0.25, 0.3) is 0 Å². The number of nitrogens with one attached hydrogen (secondary N) is 1. The van der Waals surface area contributed by atoms with E-state index in [9.17, 15) is 0 Å². The molecule has 2 heteroatoms. The molecular weight excluding hydrogens is 256 g/mol. The van der Waals surface area contributed by atoms with Crippen molar-refractivity contribution >= 4 is 0 Å². The van der Waals surface area contributed by atoms with Gasteiger partial charge in [0.2, 0.25) is 0 Å². The molecule has 2 rings (SSSR count). The van der Waals surface area contributed by atoms with E-state index in [0.717, 1.165) is 19.5 Å². The van der Waals surface area contributed by atoms with E-state index in [2.05, 4.69) is 75.2 Å². The fourth-order valence-electron chi connectivity index (χ4n) is 3.38. The molecule has 0 aliphatic carbocycles. The van der Waals surface area contributed by atoms with Gasteiger partial charge in [-0.3, -0.25) is 4.90 Å². The molecule has 1 aromatic carbocycles. The number of nitrogens with zero attached hydrogens (tertiary/aromatic N) is 1. The van der Waals surface area contributed by atoms with Gasteiger partial charge in [0, 0.05) is 31.7 Å². The Morgan fingerprint density at radius 1 is 1.19 bits per heavy atom. The Bertz CT molecular complexity index is 419. The summed E-state index contributed by atoms with van der Waals surface area (Å²) in [5.41, 5.74) is 1.80. The zero-order chi connectivity index (χ0) is 15.5. The van der Waals surface area contributed by atoms with Crippen LogP contribution in [0.1, 0.15) is 40.2 Å². The molecule has 1 aliphatic rings. The molecule has 0 radical (unpaired) electrons. The zero-order valence-corrected chi connectivity index (χ0v) is 14.4. The fourth-order valence-corrected chi connectivity index (χ4v) is 3.38. The lowest BCUT2D eigenvalue weighted by Gasteiger charge is -2.45. The normalized spacial score (nSPS) is 24.5. The Morgan fingerprint density at radius 2 is 1.86 bits per heavy atom. The zero-order valence-electron chi connectivity index (χ0n) is 14.4. The SMILES string of the molecule is CC(C)C1CNC(Cc2ccccc2)CN1CC(C)(C)C. The lowest BCUT2D eigenvalue weighted by molar-refractivity contribution is 0.0657. The van der Waals surface area contributed by atoms with Gasteiger partial charge in [-0.05, 0) is 23.3 Å². The van der Waals surface area contributed by atoms with Crippen molar-refractivity contribution in [2.24, 2.45) is 11.3 Å². The Kier molecular flexibility index (Phi) is 5.45. The Balaban J connectivity index is 2.01. The minimum absolute atomic E-state index is 0.363. The first-order valence-corrected chi connectivity index (χ1v) is 8.36. The van der Waals surface area contributed by atoms with E-state index in [1.54, 1.807) is 0 Å². The summed E-state index contributed by atoms with van der Waals surface area (Å²) in [6.07, 6.45) is 1.13. The molecule has 2 nitrogen and oxygen atoms in total. The summed E-state index contributed by atoms with van der Waals surface area (Å²) in [5.74, 6) is 0.706. The van der Waals surface area contributed by atoms with E-state index in [-0.39, 0.29) is 0 Å². The minimum atomic E-state index is 0.363. The second kappa shape index (κ2) is 6.93. The summed E-state index contributed by atoms with van der Waals surface area (Å²) < 4.78 is 0. The summed E-state index contributed by atoms with van der Waals surface area (Å²) in [6, 6.07) is 12.1. The third-order valence-electron chi connectivity index (χ3n) is 4.31. The molecule has 1 N–H and O–H groups in total. The molecule has 1 heterocycles. The van der Waals surface area contributed by atoms with Crippen molar-refractivity contribution in [3.63, 3.8) is 0 Å². The summed E-state index contributed by atoms with van der Waals surface area (Å²) in [7, 11) is 0. The largest absolute Gasteiger partial charge is 0.311 e. The van der Waals surface area contributed by atoms with Crippen molar-refractivity contribution in [3.05, 3.63) is 35.9 Å². The van der Waals surface area contributed by atoms with Crippen molar-refractivity contribution in [3.8, 4) is 0 Å². The number of hydrogen-bond donors (Lipinski definition) is 1. The summed E-state index contributed by atoms with van der Waals surface area (Å²) in [5, 5.41) is 3.77.